The molecule has 0 amide bonds. The van der Waals surface area contributed by atoms with Crippen LogP contribution in [0, 0.1) is 11.8 Å². The Kier molecular flexibility index (Phi) is 3.39. The van der Waals surface area contributed by atoms with Gasteiger partial charge in [-0.25, -0.2) is 0 Å². The van der Waals surface area contributed by atoms with E-state index >= 15 is 0 Å². The van der Waals surface area contributed by atoms with Gasteiger partial charge >= 0.3 is 0 Å². The first-order valence-corrected chi connectivity index (χ1v) is 5.34. The van der Waals surface area contributed by atoms with E-state index in [4.69, 9.17) is 0 Å². The van der Waals surface area contributed by atoms with Gasteiger partial charge in [-0.1, -0.05) is 30.0 Å². The predicted molar refractivity (Wildman–Crippen MR) is 60.4 cm³/mol. The number of aliphatic hydroxyl groups excluding tert-OH is 1. The summed E-state index contributed by atoms with van der Waals surface area (Å²) in [6.07, 6.45) is 1.60. The Morgan fingerprint density at radius 3 is 2.80 bits per heavy atom. The molecular formula is C13H15NO. The molecule has 0 saturated carbocycles. The Hall–Kier alpha value is -1.30. The van der Waals surface area contributed by atoms with Crippen LogP contribution in [0.4, 0.5) is 0 Å². The number of hydrogen-bond donors (Lipinski definition) is 2. The first-order chi connectivity index (χ1) is 7.36. The second-order valence-electron chi connectivity index (χ2n) is 3.78. The van der Waals surface area contributed by atoms with Crippen molar-refractivity contribution in [3.63, 3.8) is 0 Å². The average molecular weight is 201 g/mol. The van der Waals surface area contributed by atoms with Crippen LogP contribution in [0.25, 0.3) is 0 Å². The van der Waals surface area contributed by atoms with Crippen LogP contribution in [0.15, 0.2) is 30.3 Å². The maximum absolute atomic E-state index is 9.77. The highest BCUT2D eigenvalue weighted by molar-refractivity contribution is 5.34. The van der Waals surface area contributed by atoms with Crippen molar-refractivity contribution < 1.29 is 5.11 Å². The van der Waals surface area contributed by atoms with Gasteiger partial charge in [-0.3, -0.25) is 0 Å². The zero-order valence-electron chi connectivity index (χ0n) is 8.61. The van der Waals surface area contributed by atoms with E-state index in [-0.39, 0.29) is 6.04 Å². The van der Waals surface area contributed by atoms with Crippen molar-refractivity contribution in [2.45, 2.75) is 25.0 Å². The van der Waals surface area contributed by atoms with Crippen LogP contribution in [0.5, 0.6) is 0 Å². The van der Waals surface area contributed by atoms with Gasteiger partial charge in [0.05, 0.1) is 0 Å². The third-order valence-electron chi connectivity index (χ3n) is 2.62. The Morgan fingerprint density at radius 2 is 2.13 bits per heavy atom. The number of nitrogens with one attached hydrogen (secondary N) is 1. The molecule has 1 aliphatic rings. The molecule has 1 saturated heterocycles. The molecule has 2 atom stereocenters. The van der Waals surface area contributed by atoms with Crippen molar-refractivity contribution >= 4 is 0 Å². The van der Waals surface area contributed by atoms with Crippen LogP contribution in [0.2, 0.25) is 0 Å². The second-order valence-corrected chi connectivity index (χ2v) is 3.78. The zero-order valence-corrected chi connectivity index (χ0v) is 8.61. The smallest absolute Gasteiger partial charge is 0.130 e. The zero-order chi connectivity index (χ0) is 10.5. The fourth-order valence-corrected chi connectivity index (χ4v) is 1.76. The summed E-state index contributed by atoms with van der Waals surface area (Å²) in [4.78, 5) is 0. The molecule has 15 heavy (non-hydrogen) atoms. The van der Waals surface area contributed by atoms with Gasteiger partial charge in [0, 0.05) is 11.6 Å². The molecular weight excluding hydrogens is 186 g/mol. The average Bonchev–Trinajstić information content (AvgIpc) is 2.81. The molecule has 1 unspecified atom stereocenters. The van der Waals surface area contributed by atoms with Gasteiger partial charge in [0.15, 0.2) is 0 Å². The lowest BCUT2D eigenvalue weighted by Gasteiger charge is -2.11. The molecule has 1 aromatic rings. The molecule has 2 N–H and O–H groups in total. The van der Waals surface area contributed by atoms with Crippen LogP contribution in [0.1, 0.15) is 18.4 Å². The summed E-state index contributed by atoms with van der Waals surface area (Å²) < 4.78 is 0. The van der Waals surface area contributed by atoms with Crippen molar-refractivity contribution in [2.24, 2.45) is 0 Å². The number of rotatable bonds is 1. The van der Waals surface area contributed by atoms with Gasteiger partial charge in [0.2, 0.25) is 0 Å². The van der Waals surface area contributed by atoms with Gasteiger partial charge in [-0.2, -0.15) is 0 Å². The van der Waals surface area contributed by atoms with Gasteiger partial charge < -0.3 is 10.4 Å². The molecule has 0 aliphatic carbocycles. The van der Waals surface area contributed by atoms with E-state index in [2.05, 4.69) is 17.2 Å². The minimum atomic E-state index is -0.548. The first-order valence-electron chi connectivity index (χ1n) is 5.34. The minimum Gasteiger partial charge on any atom is -0.379 e. The fraction of sp³-hybridized carbons (Fsp3) is 0.385. The highest BCUT2D eigenvalue weighted by Crippen LogP contribution is 2.08. The van der Waals surface area contributed by atoms with Crippen molar-refractivity contribution in [2.75, 3.05) is 6.54 Å². The summed E-state index contributed by atoms with van der Waals surface area (Å²) in [5.74, 6) is 5.87. The lowest BCUT2D eigenvalue weighted by Crippen LogP contribution is -2.33. The molecule has 2 rings (SSSR count). The second kappa shape index (κ2) is 4.97. The van der Waals surface area contributed by atoms with Crippen molar-refractivity contribution in [3.05, 3.63) is 35.9 Å². The largest absolute Gasteiger partial charge is 0.379 e. The van der Waals surface area contributed by atoms with Gasteiger partial charge in [0.1, 0.15) is 6.10 Å². The SMILES string of the molecule is O[C@H](C#Cc1ccccc1)C1CCCN1. The Bertz CT molecular complexity index is 357. The molecule has 1 aromatic carbocycles. The summed E-state index contributed by atoms with van der Waals surface area (Å²) in [6, 6.07) is 9.90. The first kappa shape index (κ1) is 10.2. The molecule has 1 heterocycles. The van der Waals surface area contributed by atoms with E-state index in [0.29, 0.717) is 0 Å². The third kappa shape index (κ3) is 2.82. The van der Waals surface area contributed by atoms with E-state index in [0.717, 1.165) is 24.9 Å². The van der Waals surface area contributed by atoms with E-state index < -0.39 is 6.10 Å². The lowest BCUT2D eigenvalue weighted by atomic mass is 10.1. The van der Waals surface area contributed by atoms with Crippen LogP contribution >= 0.6 is 0 Å². The molecule has 0 spiro atoms. The summed E-state index contributed by atoms with van der Waals surface area (Å²) in [5.41, 5.74) is 0.953. The highest BCUT2D eigenvalue weighted by atomic mass is 16.3. The van der Waals surface area contributed by atoms with E-state index in [9.17, 15) is 5.11 Å². The fourth-order valence-electron chi connectivity index (χ4n) is 1.76. The van der Waals surface area contributed by atoms with Crippen molar-refractivity contribution in [1.82, 2.24) is 5.32 Å². The van der Waals surface area contributed by atoms with Crippen LogP contribution in [0.3, 0.4) is 0 Å². The third-order valence-corrected chi connectivity index (χ3v) is 2.62. The Morgan fingerprint density at radius 1 is 1.33 bits per heavy atom. The quantitative estimate of drug-likeness (QED) is 0.668. The van der Waals surface area contributed by atoms with Crippen LogP contribution in [-0.2, 0) is 0 Å². The monoisotopic (exact) mass is 201 g/mol. The normalized spacial score (nSPS) is 21.8. The number of aliphatic hydroxyl groups is 1. The standard InChI is InChI=1S/C13H15NO/c15-13(12-7-4-10-14-12)9-8-11-5-2-1-3-6-11/h1-3,5-6,12-15H,4,7,10H2/t12?,13-/m1/s1. The molecule has 78 valence electrons. The van der Waals surface area contributed by atoms with Crippen molar-refractivity contribution in [3.8, 4) is 11.8 Å². The Balaban J connectivity index is 1.99. The summed E-state index contributed by atoms with van der Waals surface area (Å²) >= 11 is 0. The summed E-state index contributed by atoms with van der Waals surface area (Å²) in [6.45, 7) is 0.995. The predicted octanol–water partition coefficient (Wildman–Crippen LogP) is 1.15. The van der Waals surface area contributed by atoms with Crippen LogP contribution < -0.4 is 5.32 Å². The summed E-state index contributed by atoms with van der Waals surface area (Å²) in [7, 11) is 0. The summed E-state index contributed by atoms with van der Waals surface area (Å²) in [5, 5.41) is 13.0. The highest BCUT2D eigenvalue weighted by Gasteiger charge is 2.20. The molecule has 0 radical (unpaired) electrons. The number of benzene rings is 1. The van der Waals surface area contributed by atoms with Crippen molar-refractivity contribution in [1.29, 1.82) is 0 Å². The topological polar surface area (TPSA) is 32.3 Å². The molecule has 2 nitrogen and oxygen atoms in total. The molecule has 0 aromatic heterocycles. The molecule has 0 bridgehead atoms. The lowest BCUT2D eigenvalue weighted by molar-refractivity contribution is 0.190. The maximum Gasteiger partial charge on any atom is 0.130 e. The molecule has 1 aliphatic heterocycles. The molecule has 2 heteroatoms. The maximum atomic E-state index is 9.77. The molecule has 1 fully saturated rings. The minimum absolute atomic E-state index is 0.154. The van der Waals surface area contributed by atoms with E-state index in [1.807, 2.05) is 30.3 Å². The van der Waals surface area contributed by atoms with Gasteiger partial charge in [-0.05, 0) is 31.5 Å². The number of hydrogen-bond acceptors (Lipinski definition) is 2. The van der Waals surface area contributed by atoms with Gasteiger partial charge in [-0.15, -0.1) is 0 Å². The van der Waals surface area contributed by atoms with Crippen LogP contribution in [-0.4, -0.2) is 23.8 Å². The van der Waals surface area contributed by atoms with Gasteiger partial charge in [0.25, 0.3) is 0 Å². The van der Waals surface area contributed by atoms with E-state index in [1.54, 1.807) is 0 Å². The van der Waals surface area contributed by atoms with E-state index in [1.165, 1.54) is 0 Å². The Labute approximate surface area is 90.3 Å².